The maximum atomic E-state index is 8.62. The molecule has 0 heterocycles. The van der Waals surface area contributed by atoms with Gasteiger partial charge in [-0.2, -0.15) is 0 Å². The number of amidine groups is 1. The van der Waals surface area contributed by atoms with Crippen molar-refractivity contribution >= 4 is 29.0 Å². The van der Waals surface area contributed by atoms with Crippen molar-refractivity contribution in [3.05, 3.63) is 33.8 Å². The number of hydrogen-bond donors (Lipinski definition) is 2. The first kappa shape index (κ1) is 15.1. The molecule has 3 N–H and O–H groups in total. The molecule has 0 aromatic heterocycles. The summed E-state index contributed by atoms with van der Waals surface area (Å²) in [6, 6.07) is 5.62. The molecule has 0 amide bonds. The third kappa shape index (κ3) is 4.05. The molecule has 0 aliphatic heterocycles. The van der Waals surface area contributed by atoms with Gasteiger partial charge in [-0.05, 0) is 26.0 Å². The van der Waals surface area contributed by atoms with Gasteiger partial charge in [0, 0.05) is 28.2 Å². The lowest BCUT2D eigenvalue weighted by molar-refractivity contribution is 0.238. The molecule has 0 saturated heterocycles. The average Bonchev–Trinajstić information content (AvgIpc) is 2.31. The van der Waals surface area contributed by atoms with Gasteiger partial charge < -0.3 is 10.9 Å². The smallest absolute Gasteiger partial charge is 0.153 e. The minimum Gasteiger partial charge on any atom is -0.409 e. The van der Waals surface area contributed by atoms with E-state index in [9.17, 15) is 0 Å². The van der Waals surface area contributed by atoms with Gasteiger partial charge in [0.15, 0.2) is 5.84 Å². The van der Waals surface area contributed by atoms with E-state index in [1.54, 1.807) is 18.2 Å². The third-order valence-electron chi connectivity index (χ3n) is 2.65. The van der Waals surface area contributed by atoms with Crippen molar-refractivity contribution in [1.29, 1.82) is 0 Å². The first-order valence-corrected chi connectivity index (χ1v) is 6.34. The number of nitrogens with zero attached hydrogens (tertiary/aromatic N) is 2. The topological polar surface area (TPSA) is 61.8 Å². The Bertz CT molecular complexity index is 415. The number of rotatable bonds is 5. The molecule has 0 atom stereocenters. The largest absolute Gasteiger partial charge is 0.409 e. The van der Waals surface area contributed by atoms with Gasteiger partial charge in [-0.15, -0.1) is 0 Å². The Labute approximate surface area is 117 Å². The molecule has 100 valence electrons. The monoisotopic (exact) mass is 289 g/mol. The fourth-order valence-corrected chi connectivity index (χ4v) is 2.06. The van der Waals surface area contributed by atoms with Crippen molar-refractivity contribution < 1.29 is 5.21 Å². The van der Waals surface area contributed by atoms with Gasteiger partial charge in [-0.25, -0.2) is 0 Å². The number of hydrogen-bond acceptors (Lipinski definition) is 3. The molecular weight excluding hydrogens is 273 g/mol. The predicted molar refractivity (Wildman–Crippen MR) is 75.4 cm³/mol. The Morgan fingerprint density at radius 1 is 1.39 bits per heavy atom. The molecule has 1 aromatic rings. The molecule has 0 aliphatic carbocycles. The second-order valence-electron chi connectivity index (χ2n) is 4.29. The molecular formula is C12H17Cl2N3O. The van der Waals surface area contributed by atoms with Crippen LogP contribution in [0.2, 0.25) is 10.0 Å². The summed E-state index contributed by atoms with van der Waals surface area (Å²) in [6.07, 6.45) is 0. The highest BCUT2D eigenvalue weighted by molar-refractivity contribution is 6.35. The summed E-state index contributed by atoms with van der Waals surface area (Å²) in [6.45, 7) is 4.95. The van der Waals surface area contributed by atoms with E-state index in [2.05, 4.69) is 5.16 Å². The lowest BCUT2D eigenvalue weighted by atomic mass is 10.2. The van der Waals surface area contributed by atoms with Crippen LogP contribution in [0.15, 0.2) is 23.4 Å². The van der Waals surface area contributed by atoms with Gasteiger partial charge in [0.1, 0.15) is 0 Å². The molecule has 4 nitrogen and oxygen atoms in total. The van der Waals surface area contributed by atoms with Crippen LogP contribution in [-0.4, -0.2) is 28.5 Å². The summed E-state index contributed by atoms with van der Waals surface area (Å²) in [4.78, 5) is 2.02. The molecule has 1 aromatic carbocycles. The van der Waals surface area contributed by atoms with Crippen LogP contribution in [0, 0.1) is 0 Å². The van der Waals surface area contributed by atoms with Crippen LogP contribution < -0.4 is 5.73 Å². The number of nitrogens with two attached hydrogens (primary N) is 1. The van der Waals surface area contributed by atoms with Gasteiger partial charge >= 0.3 is 0 Å². The highest BCUT2D eigenvalue weighted by atomic mass is 35.5. The highest BCUT2D eigenvalue weighted by Crippen LogP contribution is 2.26. The molecule has 6 heteroatoms. The Morgan fingerprint density at radius 3 is 2.39 bits per heavy atom. The second kappa shape index (κ2) is 6.83. The summed E-state index contributed by atoms with van der Waals surface area (Å²) in [5, 5.41) is 12.8. The van der Waals surface area contributed by atoms with Crippen molar-refractivity contribution in [3.63, 3.8) is 0 Å². The van der Waals surface area contributed by atoms with Crippen LogP contribution in [0.4, 0.5) is 0 Å². The van der Waals surface area contributed by atoms with Crippen molar-refractivity contribution in [2.45, 2.75) is 26.4 Å². The van der Waals surface area contributed by atoms with Crippen molar-refractivity contribution in [1.82, 2.24) is 4.90 Å². The Kier molecular flexibility index (Phi) is 5.72. The van der Waals surface area contributed by atoms with Crippen LogP contribution in [0.3, 0.4) is 0 Å². The molecule has 0 saturated carbocycles. The zero-order valence-electron chi connectivity index (χ0n) is 10.4. The van der Waals surface area contributed by atoms with E-state index < -0.39 is 0 Å². The first-order valence-electron chi connectivity index (χ1n) is 5.59. The summed E-state index contributed by atoms with van der Waals surface area (Å²) >= 11 is 12.3. The van der Waals surface area contributed by atoms with E-state index in [4.69, 9.17) is 34.1 Å². The van der Waals surface area contributed by atoms with Gasteiger partial charge in [-0.1, -0.05) is 34.4 Å². The fraction of sp³-hybridized carbons (Fsp3) is 0.417. The fourth-order valence-electron chi connectivity index (χ4n) is 1.55. The molecule has 0 unspecified atom stereocenters. The van der Waals surface area contributed by atoms with E-state index in [1.165, 1.54) is 0 Å². The standard InChI is InChI=1S/C12H17Cl2N3O/c1-8(2)17(7-12(15)16-18)6-9-10(13)4-3-5-11(9)14/h3-5,8,18H,6-7H2,1-2H3,(H2,15,16). The van der Waals surface area contributed by atoms with Crippen LogP contribution in [0.5, 0.6) is 0 Å². The lowest BCUT2D eigenvalue weighted by Crippen LogP contribution is -2.38. The Balaban J connectivity index is 2.90. The quantitative estimate of drug-likeness (QED) is 0.379. The summed E-state index contributed by atoms with van der Waals surface area (Å²) in [5.41, 5.74) is 6.38. The Hall–Kier alpha value is -0.970. The maximum absolute atomic E-state index is 8.62. The number of halogens is 2. The van der Waals surface area contributed by atoms with Gasteiger partial charge in [0.25, 0.3) is 0 Å². The normalized spacial score (nSPS) is 12.4. The molecule has 0 bridgehead atoms. The zero-order chi connectivity index (χ0) is 13.7. The minimum atomic E-state index is 0.159. The number of oxime groups is 1. The maximum Gasteiger partial charge on any atom is 0.153 e. The lowest BCUT2D eigenvalue weighted by Gasteiger charge is -2.26. The third-order valence-corrected chi connectivity index (χ3v) is 3.35. The van der Waals surface area contributed by atoms with E-state index in [0.29, 0.717) is 23.1 Å². The van der Waals surface area contributed by atoms with E-state index in [0.717, 1.165) is 5.56 Å². The minimum absolute atomic E-state index is 0.159. The number of benzene rings is 1. The van der Waals surface area contributed by atoms with E-state index in [-0.39, 0.29) is 11.9 Å². The predicted octanol–water partition coefficient (Wildman–Crippen LogP) is 2.95. The van der Waals surface area contributed by atoms with E-state index in [1.807, 2.05) is 18.7 Å². The summed E-state index contributed by atoms with van der Waals surface area (Å²) < 4.78 is 0. The van der Waals surface area contributed by atoms with Crippen molar-refractivity contribution in [2.24, 2.45) is 10.9 Å². The van der Waals surface area contributed by atoms with Gasteiger partial charge in [0.2, 0.25) is 0 Å². The molecule has 0 aliphatic rings. The molecule has 0 fully saturated rings. The van der Waals surface area contributed by atoms with Crippen LogP contribution in [0.1, 0.15) is 19.4 Å². The van der Waals surface area contributed by atoms with Crippen molar-refractivity contribution in [3.8, 4) is 0 Å². The van der Waals surface area contributed by atoms with Gasteiger partial charge in [-0.3, -0.25) is 4.90 Å². The average molecular weight is 290 g/mol. The second-order valence-corrected chi connectivity index (χ2v) is 5.10. The molecule has 0 radical (unpaired) electrons. The van der Waals surface area contributed by atoms with E-state index >= 15 is 0 Å². The van der Waals surface area contributed by atoms with Crippen LogP contribution in [0.25, 0.3) is 0 Å². The van der Waals surface area contributed by atoms with Crippen molar-refractivity contribution in [2.75, 3.05) is 6.54 Å². The highest BCUT2D eigenvalue weighted by Gasteiger charge is 2.15. The van der Waals surface area contributed by atoms with Gasteiger partial charge in [0.05, 0.1) is 6.54 Å². The summed E-state index contributed by atoms with van der Waals surface area (Å²) in [7, 11) is 0. The zero-order valence-corrected chi connectivity index (χ0v) is 11.9. The molecule has 18 heavy (non-hydrogen) atoms. The summed E-state index contributed by atoms with van der Waals surface area (Å²) in [5.74, 6) is 0.159. The first-order chi connectivity index (χ1) is 8.45. The Morgan fingerprint density at radius 2 is 1.94 bits per heavy atom. The molecule has 0 spiro atoms. The molecule has 1 rings (SSSR count). The SMILES string of the molecule is CC(C)N(CC(N)=NO)Cc1c(Cl)cccc1Cl. The van der Waals surface area contributed by atoms with Crippen LogP contribution in [-0.2, 0) is 6.54 Å². The van der Waals surface area contributed by atoms with Crippen LogP contribution >= 0.6 is 23.2 Å².